The number of benzene rings is 1. The molecule has 0 fully saturated rings. The third kappa shape index (κ3) is 1.95. The highest BCUT2D eigenvalue weighted by Crippen LogP contribution is 2.17. The molecule has 0 N–H and O–H groups in total. The number of fused-ring (bicyclic) bond motifs is 1. The van der Waals surface area contributed by atoms with Crippen LogP contribution in [0.25, 0.3) is 10.9 Å². The number of hydrogen-bond donors (Lipinski definition) is 0. The molecule has 1 aromatic heterocycles. The fraction of sp³-hybridized carbons (Fsp3) is 0.250. The second-order valence-corrected chi connectivity index (χ2v) is 4.07. The number of halogens is 1. The van der Waals surface area contributed by atoms with Crippen LogP contribution in [0.4, 0.5) is 0 Å². The van der Waals surface area contributed by atoms with E-state index in [1.165, 1.54) is 17.4 Å². The molecule has 2 rings (SSSR count). The summed E-state index contributed by atoms with van der Waals surface area (Å²) in [6.07, 6.45) is 4.14. The number of nitrogens with zero attached hydrogens (tertiary/aromatic N) is 1. The molecule has 0 saturated carbocycles. The largest absolute Gasteiger partial charge is 0.256 e. The fourth-order valence-electron chi connectivity index (χ4n) is 1.64. The van der Waals surface area contributed by atoms with Crippen LogP contribution < -0.4 is 0 Å². The van der Waals surface area contributed by atoms with Crippen molar-refractivity contribution >= 4 is 26.8 Å². The number of pyridine rings is 1. The molecule has 1 heterocycles. The molecule has 0 bridgehead atoms. The Kier molecular flexibility index (Phi) is 3.14. The van der Waals surface area contributed by atoms with E-state index >= 15 is 0 Å². The van der Waals surface area contributed by atoms with Gasteiger partial charge < -0.3 is 0 Å². The van der Waals surface area contributed by atoms with Crippen LogP contribution in [0.15, 0.2) is 36.5 Å². The van der Waals surface area contributed by atoms with Gasteiger partial charge in [-0.1, -0.05) is 34.1 Å². The van der Waals surface area contributed by atoms with Crippen molar-refractivity contribution in [3.8, 4) is 0 Å². The Morgan fingerprint density at radius 2 is 2.07 bits per heavy atom. The standard InChI is InChI=1S/C12H12BrN/c13-8-2-5-10-4-1-7-12-11(10)6-3-9-14-12/h1,3-4,6-7,9H,2,5,8H2. The van der Waals surface area contributed by atoms with Crippen LogP contribution >= 0.6 is 15.9 Å². The molecule has 2 heteroatoms. The van der Waals surface area contributed by atoms with Crippen molar-refractivity contribution in [1.82, 2.24) is 4.98 Å². The Balaban J connectivity index is 2.43. The van der Waals surface area contributed by atoms with E-state index < -0.39 is 0 Å². The molecule has 0 aliphatic heterocycles. The maximum Gasteiger partial charge on any atom is 0.0704 e. The van der Waals surface area contributed by atoms with Crippen molar-refractivity contribution in [1.29, 1.82) is 0 Å². The Labute approximate surface area is 92.3 Å². The second kappa shape index (κ2) is 4.56. The first-order valence-electron chi connectivity index (χ1n) is 4.80. The molecule has 72 valence electrons. The zero-order chi connectivity index (χ0) is 9.80. The molecule has 1 aromatic carbocycles. The minimum absolute atomic E-state index is 1.06. The van der Waals surface area contributed by atoms with Crippen LogP contribution in [-0.4, -0.2) is 10.3 Å². The monoisotopic (exact) mass is 249 g/mol. The van der Waals surface area contributed by atoms with Gasteiger partial charge in [-0.25, -0.2) is 0 Å². The van der Waals surface area contributed by atoms with Crippen LogP contribution in [0.2, 0.25) is 0 Å². The summed E-state index contributed by atoms with van der Waals surface area (Å²) in [5, 5.41) is 2.35. The van der Waals surface area contributed by atoms with Crippen LogP contribution in [0.3, 0.4) is 0 Å². The summed E-state index contributed by atoms with van der Waals surface area (Å²) in [7, 11) is 0. The van der Waals surface area contributed by atoms with Crippen LogP contribution in [0.5, 0.6) is 0 Å². The van der Waals surface area contributed by atoms with Crippen molar-refractivity contribution in [3.63, 3.8) is 0 Å². The van der Waals surface area contributed by atoms with Crippen molar-refractivity contribution in [2.75, 3.05) is 5.33 Å². The van der Waals surface area contributed by atoms with Gasteiger partial charge in [0, 0.05) is 16.9 Å². The van der Waals surface area contributed by atoms with Crippen molar-refractivity contribution < 1.29 is 0 Å². The number of alkyl halides is 1. The van der Waals surface area contributed by atoms with E-state index in [0.717, 1.165) is 17.3 Å². The van der Waals surface area contributed by atoms with Gasteiger partial charge in [0.15, 0.2) is 0 Å². The number of rotatable bonds is 3. The maximum atomic E-state index is 4.34. The molecule has 1 nitrogen and oxygen atoms in total. The molecule has 0 spiro atoms. The minimum atomic E-state index is 1.06. The summed E-state index contributed by atoms with van der Waals surface area (Å²) in [6.45, 7) is 0. The molecular weight excluding hydrogens is 238 g/mol. The highest BCUT2D eigenvalue weighted by Gasteiger charge is 1.99. The normalized spacial score (nSPS) is 10.6. The molecule has 2 aromatic rings. The first-order chi connectivity index (χ1) is 6.92. The van der Waals surface area contributed by atoms with Crippen molar-refractivity contribution in [2.24, 2.45) is 0 Å². The lowest BCUT2D eigenvalue weighted by molar-refractivity contribution is 0.947. The zero-order valence-electron chi connectivity index (χ0n) is 7.91. The first kappa shape index (κ1) is 9.66. The summed E-state index contributed by atoms with van der Waals surface area (Å²) < 4.78 is 0. The fourth-order valence-corrected chi connectivity index (χ4v) is 1.92. The molecule has 0 saturated heterocycles. The summed E-state index contributed by atoms with van der Waals surface area (Å²) in [5.74, 6) is 0. The summed E-state index contributed by atoms with van der Waals surface area (Å²) in [6, 6.07) is 10.5. The Bertz CT molecular complexity index is 420. The molecular formula is C12H12BrN. The van der Waals surface area contributed by atoms with Crippen LogP contribution in [0, 0.1) is 0 Å². The smallest absolute Gasteiger partial charge is 0.0704 e. The average Bonchev–Trinajstić information content (AvgIpc) is 2.26. The lowest BCUT2D eigenvalue weighted by Crippen LogP contribution is -1.89. The van der Waals surface area contributed by atoms with Gasteiger partial charge in [-0.3, -0.25) is 4.98 Å². The van der Waals surface area contributed by atoms with E-state index in [0.29, 0.717) is 0 Å². The molecule has 0 unspecified atom stereocenters. The van der Waals surface area contributed by atoms with E-state index in [4.69, 9.17) is 0 Å². The van der Waals surface area contributed by atoms with E-state index in [-0.39, 0.29) is 0 Å². The van der Waals surface area contributed by atoms with Gasteiger partial charge >= 0.3 is 0 Å². The molecule has 0 atom stereocenters. The number of aromatic nitrogens is 1. The van der Waals surface area contributed by atoms with Gasteiger partial charge in [0.1, 0.15) is 0 Å². The molecule has 14 heavy (non-hydrogen) atoms. The second-order valence-electron chi connectivity index (χ2n) is 3.28. The van der Waals surface area contributed by atoms with Crippen LogP contribution in [-0.2, 0) is 6.42 Å². The predicted molar refractivity (Wildman–Crippen MR) is 63.9 cm³/mol. The van der Waals surface area contributed by atoms with Gasteiger partial charge in [-0.05, 0) is 30.5 Å². The molecule has 0 aliphatic carbocycles. The van der Waals surface area contributed by atoms with Gasteiger partial charge in [-0.15, -0.1) is 0 Å². The number of aryl methyl sites for hydroxylation is 1. The topological polar surface area (TPSA) is 12.9 Å². The third-order valence-corrected chi connectivity index (χ3v) is 2.88. The quantitative estimate of drug-likeness (QED) is 0.759. The SMILES string of the molecule is BrCCCc1cccc2ncccc12. The Hall–Kier alpha value is -0.890. The zero-order valence-corrected chi connectivity index (χ0v) is 9.50. The molecule has 0 aliphatic rings. The highest BCUT2D eigenvalue weighted by atomic mass is 79.9. The molecule has 0 radical (unpaired) electrons. The summed E-state index contributed by atoms with van der Waals surface area (Å²) in [5.41, 5.74) is 2.50. The van der Waals surface area contributed by atoms with Crippen molar-refractivity contribution in [3.05, 3.63) is 42.1 Å². The van der Waals surface area contributed by atoms with Gasteiger partial charge in [0.05, 0.1) is 5.52 Å². The highest BCUT2D eigenvalue weighted by molar-refractivity contribution is 9.09. The van der Waals surface area contributed by atoms with Crippen LogP contribution in [0.1, 0.15) is 12.0 Å². The van der Waals surface area contributed by atoms with Gasteiger partial charge in [-0.2, -0.15) is 0 Å². The van der Waals surface area contributed by atoms with E-state index in [1.54, 1.807) is 0 Å². The van der Waals surface area contributed by atoms with E-state index in [1.807, 2.05) is 12.3 Å². The maximum absolute atomic E-state index is 4.34. The summed E-state index contributed by atoms with van der Waals surface area (Å²) >= 11 is 3.46. The first-order valence-corrected chi connectivity index (χ1v) is 5.92. The number of hydrogen-bond acceptors (Lipinski definition) is 1. The Morgan fingerprint density at radius 1 is 1.14 bits per heavy atom. The predicted octanol–water partition coefficient (Wildman–Crippen LogP) is 3.56. The lowest BCUT2D eigenvalue weighted by atomic mass is 10.0. The summed E-state index contributed by atoms with van der Waals surface area (Å²) in [4.78, 5) is 4.34. The third-order valence-electron chi connectivity index (χ3n) is 2.32. The van der Waals surface area contributed by atoms with E-state index in [9.17, 15) is 0 Å². The van der Waals surface area contributed by atoms with E-state index in [2.05, 4.69) is 45.2 Å². The Morgan fingerprint density at radius 3 is 2.93 bits per heavy atom. The van der Waals surface area contributed by atoms with Crippen molar-refractivity contribution in [2.45, 2.75) is 12.8 Å². The lowest BCUT2D eigenvalue weighted by Gasteiger charge is -2.03. The minimum Gasteiger partial charge on any atom is -0.256 e. The molecule has 0 amide bonds. The average molecular weight is 250 g/mol. The van der Waals surface area contributed by atoms with Gasteiger partial charge in [0.2, 0.25) is 0 Å². The van der Waals surface area contributed by atoms with Gasteiger partial charge in [0.25, 0.3) is 0 Å².